The summed E-state index contributed by atoms with van der Waals surface area (Å²) < 4.78 is 14.6. The monoisotopic (exact) mass is 288 g/mol. The van der Waals surface area contributed by atoms with E-state index >= 15 is 0 Å². The first-order chi connectivity index (χ1) is 9.79. The summed E-state index contributed by atoms with van der Waals surface area (Å²) in [5.41, 5.74) is 2.00. The molecule has 0 fully saturated rings. The second kappa shape index (κ2) is 4.56. The normalized spacial score (nSPS) is 18.1. The average molecular weight is 288 g/mol. The smallest absolute Gasteiger partial charge is 0.243 e. The van der Waals surface area contributed by atoms with Crippen LogP contribution in [-0.2, 0) is 6.42 Å². The molecule has 0 bridgehead atoms. The lowest BCUT2D eigenvalue weighted by molar-refractivity contribution is 0.603. The van der Waals surface area contributed by atoms with Gasteiger partial charge in [-0.15, -0.1) is 16.4 Å². The Bertz CT molecular complexity index is 763. The van der Waals surface area contributed by atoms with Crippen LogP contribution in [0.3, 0.4) is 0 Å². The van der Waals surface area contributed by atoms with Crippen molar-refractivity contribution in [1.29, 1.82) is 0 Å². The van der Waals surface area contributed by atoms with E-state index in [0.29, 0.717) is 11.6 Å². The molecule has 0 saturated carbocycles. The molecule has 3 aromatic rings. The van der Waals surface area contributed by atoms with Gasteiger partial charge in [-0.05, 0) is 48.4 Å². The van der Waals surface area contributed by atoms with Crippen LogP contribution < -0.4 is 5.32 Å². The van der Waals surface area contributed by atoms with Crippen LogP contribution in [-0.4, -0.2) is 14.6 Å². The molecular weight excluding hydrogens is 275 g/mol. The first-order valence-electron chi connectivity index (χ1n) is 6.64. The Labute approximate surface area is 119 Å². The van der Waals surface area contributed by atoms with Crippen molar-refractivity contribution in [2.75, 3.05) is 5.32 Å². The molecule has 3 aromatic heterocycles. The quantitative estimate of drug-likeness (QED) is 0.785. The highest BCUT2D eigenvalue weighted by molar-refractivity contribution is 7.10. The zero-order chi connectivity index (χ0) is 13.5. The summed E-state index contributed by atoms with van der Waals surface area (Å²) in [6.07, 6.45) is 4.75. The lowest BCUT2D eigenvalue weighted by Crippen LogP contribution is -2.16. The number of hydrogen-bond donors (Lipinski definition) is 1. The Morgan fingerprint density at radius 2 is 2.30 bits per heavy atom. The first-order valence-corrected chi connectivity index (χ1v) is 7.52. The lowest BCUT2D eigenvalue weighted by atomic mass is 9.94. The molecule has 1 atom stereocenters. The van der Waals surface area contributed by atoms with Gasteiger partial charge >= 0.3 is 0 Å². The number of thiophene rings is 1. The van der Waals surface area contributed by atoms with E-state index in [9.17, 15) is 4.39 Å². The molecule has 1 N–H and O–H groups in total. The van der Waals surface area contributed by atoms with E-state index in [1.807, 2.05) is 11.3 Å². The number of aryl methyl sites for hydroxylation is 1. The molecule has 4 nitrogen and oxygen atoms in total. The van der Waals surface area contributed by atoms with E-state index < -0.39 is 0 Å². The number of halogens is 1. The van der Waals surface area contributed by atoms with Crippen molar-refractivity contribution in [2.24, 2.45) is 0 Å². The average Bonchev–Trinajstić information content (AvgIpc) is 3.04. The zero-order valence-electron chi connectivity index (χ0n) is 10.7. The van der Waals surface area contributed by atoms with Crippen LogP contribution in [0.25, 0.3) is 5.65 Å². The molecule has 4 rings (SSSR count). The third-order valence-corrected chi connectivity index (χ3v) is 4.65. The Morgan fingerprint density at radius 3 is 3.25 bits per heavy atom. The van der Waals surface area contributed by atoms with E-state index in [0.717, 1.165) is 12.8 Å². The topological polar surface area (TPSA) is 42.2 Å². The molecular formula is C14H13FN4S. The number of aromatic nitrogens is 3. The van der Waals surface area contributed by atoms with Gasteiger partial charge in [-0.25, -0.2) is 8.91 Å². The fraction of sp³-hybridized carbons (Fsp3) is 0.286. The predicted octanol–water partition coefficient (Wildman–Crippen LogP) is 3.42. The Hall–Kier alpha value is -1.95. The standard InChI is InChI=1S/C14H13FN4S/c15-9-4-5-13-17-14(18-19(13)8-9)16-11-2-1-3-12-10(11)6-7-20-12/h4-8,11H,1-3H2,(H,16,18). The Morgan fingerprint density at radius 1 is 1.35 bits per heavy atom. The van der Waals surface area contributed by atoms with Crippen LogP contribution in [0.1, 0.15) is 29.3 Å². The van der Waals surface area contributed by atoms with E-state index in [1.165, 1.54) is 33.6 Å². The van der Waals surface area contributed by atoms with E-state index in [1.54, 1.807) is 6.07 Å². The van der Waals surface area contributed by atoms with E-state index in [-0.39, 0.29) is 11.9 Å². The summed E-state index contributed by atoms with van der Waals surface area (Å²) in [6.45, 7) is 0. The number of nitrogens with zero attached hydrogens (tertiary/aromatic N) is 3. The van der Waals surface area contributed by atoms with E-state index in [2.05, 4.69) is 26.8 Å². The molecule has 1 unspecified atom stereocenters. The maximum Gasteiger partial charge on any atom is 0.243 e. The fourth-order valence-corrected chi connectivity index (χ4v) is 3.70. The van der Waals surface area contributed by atoms with Gasteiger partial charge in [-0.3, -0.25) is 0 Å². The van der Waals surface area contributed by atoms with Gasteiger partial charge in [0.15, 0.2) is 5.65 Å². The number of fused-ring (bicyclic) bond motifs is 2. The molecule has 1 aliphatic rings. The van der Waals surface area contributed by atoms with Crippen molar-refractivity contribution in [2.45, 2.75) is 25.3 Å². The largest absolute Gasteiger partial charge is 0.346 e. The second-order valence-corrected chi connectivity index (χ2v) is 5.97. The third-order valence-electron chi connectivity index (χ3n) is 3.65. The molecule has 102 valence electrons. The summed E-state index contributed by atoms with van der Waals surface area (Å²) in [5.74, 6) is 0.242. The van der Waals surface area contributed by atoms with Gasteiger partial charge in [0.1, 0.15) is 5.82 Å². The van der Waals surface area contributed by atoms with Crippen LogP contribution in [0.2, 0.25) is 0 Å². The Kier molecular flexibility index (Phi) is 2.70. The van der Waals surface area contributed by atoms with Crippen LogP contribution in [0.5, 0.6) is 0 Å². The van der Waals surface area contributed by atoms with Crippen molar-refractivity contribution >= 4 is 22.9 Å². The molecule has 0 aromatic carbocycles. The van der Waals surface area contributed by atoms with Gasteiger partial charge < -0.3 is 5.32 Å². The van der Waals surface area contributed by atoms with Gasteiger partial charge in [-0.2, -0.15) is 4.98 Å². The maximum absolute atomic E-state index is 13.2. The van der Waals surface area contributed by atoms with E-state index in [4.69, 9.17) is 0 Å². The molecule has 3 heterocycles. The van der Waals surface area contributed by atoms with Crippen LogP contribution >= 0.6 is 11.3 Å². The Balaban J connectivity index is 1.65. The summed E-state index contributed by atoms with van der Waals surface area (Å²) in [6, 6.07) is 5.45. The SMILES string of the molecule is Fc1ccc2nc(NC3CCCc4sccc43)nn2c1. The highest BCUT2D eigenvalue weighted by Crippen LogP contribution is 2.34. The molecule has 0 saturated heterocycles. The zero-order valence-corrected chi connectivity index (χ0v) is 11.5. The molecule has 0 aliphatic heterocycles. The fourth-order valence-electron chi connectivity index (χ4n) is 2.71. The molecule has 0 radical (unpaired) electrons. The lowest BCUT2D eigenvalue weighted by Gasteiger charge is -2.22. The number of anilines is 1. The summed E-state index contributed by atoms with van der Waals surface area (Å²) in [7, 11) is 0. The van der Waals surface area contributed by atoms with Gasteiger partial charge in [0.2, 0.25) is 5.95 Å². The molecule has 6 heteroatoms. The number of hydrogen-bond acceptors (Lipinski definition) is 4. The molecule has 0 amide bonds. The summed E-state index contributed by atoms with van der Waals surface area (Å²) >= 11 is 1.81. The molecule has 20 heavy (non-hydrogen) atoms. The highest BCUT2D eigenvalue weighted by atomic mass is 32.1. The number of rotatable bonds is 2. The minimum atomic E-state index is -0.313. The maximum atomic E-state index is 13.2. The molecule has 1 aliphatic carbocycles. The van der Waals surface area contributed by atoms with Crippen molar-refractivity contribution in [3.8, 4) is 0 Å². The molecule has 0 spiro atoms. The van der Waals surface area contributed by atoms with Crippen molar-refractivity contribution in [3.63, 3.8) is 0 Å². The minimum Gasteiger partial charge on any atom is -0.346 e. The highest BCUT2D eigenvalue weighted by Gasteiger charge is 2.22. The van der Waals surface area contributed by atoms with Crippen molar-refractivity contribution in [1.82, 2.24) is 14.6 Å². The second-order valence-electron chi connectivity index (χ2n) is 4.97. The van der Waals surface area contributed by atoms with Gasteiger partial charge in [0, 0.05) is 4.88 Å². The van der Waals surface area contributed by atoms with Gasteiger partial charge in [0.25, 0.3) is 0 Å². The van der Waals surface area contributed by atoms with Crippen molar-refractivity contribution in [3.05, 3.63) is 46.0 Å². The summed E-state index contributed by atoms with van der Waals surface area (Å²) in [4.78, 5) is 5.83. The predicted molar refractivity (Wildman–Crippen MR) is 76.6 cm³/mol. The van der Waals surface area contributed by atoms with Crippen LogP contribution in [0, 0.1) is 5.82 Å². The number of pyridine rings is 1. The van der Waals surface area contributed by atoms with Crippen molar-refractivity contribution < 1.29 is 4.39 Å². The number of nitrogens with one attached hydrogen (secondary N) is 1. The first kappa shape index (κ1) is 11.8. The van der Waals surface area contributed by atoms with Gasteiger partial charge in [-0.1, -0.05) is 0 Å². The third kappa shape index (κ3) is 1.96. The van der Waals surface area contributed by atoms with Gasteiger partial charge in [0.05, 0.1) is 12.2 Å². The van der Waals surface area contributed by atoms with Crippen LogP contribution in [0.4, 0.5) is 10.3 Å². The van der Waals surface area contributed by atoms with Crippen LogP contribution in [0.15, 0.2) is 29.8 Å². The summed E-state index contributed by atoms with van der Waals surface area (Å²) in [5, 5.41) is 9.79. The minimum absolute atomic E-state index is 0.257.